The fourth-order valence-corrected chi connectivity index (χ4v) is 8.99. The van der Waals surface area contributed by atoms with Crippen LogP contribution in [0.2, 0.25) is 0 Å². The van der Waals surface area contributed by atoms with Crippen LogP contribution in [0.1, 0.15) is 102 Å². The minimum absolute atomic E-state index is 0.0212. The van der Waals surface area contributed by atoms with Gasteiger partial charge >= 0.3 is 6.03 Å². The maximum Gasteiger partial charge on any atom is 0.312 e. The molecule has 1 aromatic heterocycles. The molecule has 1 aliphatic rings. The standard InChI is InChI=1S/C52H76N14O10/c1-31(67)62-39(20-12-23-59-51(55)56)48(73)66-42-29-45(70)58-22-10-8-18-38(46(54)71)63-47(72)34(26-35-30-61-37-17-6-5-16-36(35)37)28-43(68)33(15-11-24-60-52(57)76)27-44(69)41(25-32-13-3-2-4-14-32)65-49(74)40(64-50(42)75)19-7-9-21-53/h2-6,13-14,16-17,30,33-34,38-42,61H,7-12,15,18-29,53H2,1H3,(H2,54,71)(H,58,70)(H,62,67)(H,63,72)(H,64,75)(H,65,74)(H,66,73)(H4,55,56,59)(H3,57,60,76)/t33-,34-,38+,39+,40+,41-,42+/m1/s1. The first-order valence-electron chi connectivity index (χ1n) is 25.8. The second-order valence-electron chi connectivity index (χ2n) is 19.1. The van der Waals surface area contributed by atoms with Gasteiger partial charge in [-0.15, -0.1) is 0 Å². The van der Waals surface area contributed by atoms with Gasteiger partial charge in [-0.2, -0.15) is 0 Å². The Morgan fingerprint density at radius 1 is 0.737 bits per heavy atom. The van der Waals surface area contributed by atoms with E-state index in [0.717, 1.165) is 16.5 Å². The van der Waals surface area contributed by atoms with Crippen molar-refractivity contribution in [1.82, 2.24) is 42.2 Å². The molecule has 18 N–H and O–H groups in total. The first kappa shape index (κ1) is 60.7. The van der Waals surface area contributed by atoms with E-state index in [1.54, 1.807) is 36.5 Å². The molecule has 24 heteroatoms. The van der Waals surface area contributed by atoms with Crippen LogP contribution in [0.5, 0.6) is 0 Å². The zero-order valence-electron chi connectivity index (χ0n) is 43.2. The van der Waals surface area contributed by atoms with Gasteiger partial charge in [0, 0.05) is 68.3 Å². The number of para-hydroxylation sites is 1. The largest absolute Gasteiger partial charge is 0.370 e. The molecule has 1 aliphatic heterocycles. The molecule has 0 unspecified atom stereocenters. The Balaban J connectivity index is 1.78. The van der Waals surface area contributed by atoms with Gasteiger partial charge in [0.1, 0.15) is 30.0 Å². The molecule has 3 aromatic rings. The highest BCUT2D eigenvalue weighted by molar-refractivity contribution is 5.99. The number of guanidine groups is 1. The summed E-state index contributed by atoms with van der Waals surface area (Å²) >= 11 is 0. The number of nitrogens with two attached hydrogens (primary N) is 5. The first-order chi connectivity index (χ1) is 36.3. The molecule has 0 bridgehead atoms. The summed E-state index contributed by atoms with van der Waals surface area (Å²) in [5, 5.41) is 19.4. The van der Waals surface area contributed by atoms with Crippen molar-refractivity contribution >= 4 is 75.8 Å². The average molecular weight is 1060 g/mol. The van der Waals surface area contributed by atoms with Crippen molar-refractivity contribution in [2.45, 2.75) is 133 Å². The number of Topliss-reactive ketones (excluding diaryl/α,β-unsaturated/α-hetero) is 2. The van der Waals surface area contributed by atoms with E-state index in [1.165, 1.54) is 6.92 Å². The van der Waals surface area contributed by atoms with Crippen molar-refractivity contribution in [1.29, 1.82) is 0 Å². The molecule has 0 saturated carbocycles. The van der Waals surface area contributed by atoms with Crippen LogP contribution in [-0.2, 0) is 56.0 Å². The number of rotatable bonds is 20. The molecule has 4 rings (SSSR count). The number of nitrogens with zero attached hydrogens (tertiary/aromatic N) is 1. The molecular formula is C52H76N14O10. The Bertz CT molecular complexity index is 2500. The molecule has 24 nitrogen and oxygen atoms in total. The second-order valence-corrected chi connectivity index (χ2v) is 19.1. The zero-order chi connectivity index (χ0) is 55.6. The molecule has 414 valence electrons. The van der Waals surface area contributed by atoms with Crippen LogP contribution in [0, 0.1) is 11.8 Å². The molecule has 1 saturated heterocycles. The van der Waals surface area contributed by atoms with E-state index in [0.29, 0.717) is 18.4 Å². The Hall–Kier alpha value is -7.89. The molecule has 76 heavy (non-hydrogen) atoms. The lowest BCUT2D eigenvalue weighted by Crippen LogP contribution is -2.58. The fourth-order valence-electron chi connectivity index (χ4n) is 8.99. The Kier molecular flexibility index (Phi) is 25.3. The number of primary amides is 2. The molecule has 0 spiro atoms. The number of hydrogen-bond donors (Lipinski definition) is 13. The molecule has 2 heterocycles. The van der Waals surface area contributed by atoms with E-state index in [-0.39, 0.29) is 103 Å². The first-order valence-corrected chi connectivity index (χ1v) is 25.8. The summed E-state index contributed by atoms with van der Waals surface area (Å²) in [7, 11) is 0. The lowest BCUT2D eigenvalue weighted by atomic mass is 9.83. The van der Waals surface area contributed by atoms with Crippen molar-refractivity contribution in [3.63, 3.8) is 0 Å². The number of aliphatic imine (C=N–C) groups is 1. The van der Waals surface area contributed by atoms with Crippen molar-refractivity contribution in [2.75, 3.05) is 26.2 Å². The van der Waals surface area contributed by atoms with Crippen molar-refractivity contribution < 1.29 is 47.9 Å². The fraction of sp³-hybridized carbons (Fsp3) is 0.519. The molecule has 2 aromatic carbocycles. The van der Waals surface area contributed by atoms with Crippen molar-refractivity contribution in [3.8, 4) is 0 Å². The van der Waals surface area contributed by atoms with Gasteiger partial charge < -0.3 is 70.9 Å². The van der Waals surface area contributed by atoms with Gasteiger partial charge in [0.05, 0.1) is 12.5 Å². The minimum atomic E-state index is -1.60. The highest BCUT2D eigenvalue weighted by Crippen LogP contribution is 2.26. The summed E-state index contributed by atoms with van der Waals surface area (Å²) in [6.45, 7) is 1.68. The third-order valence-corrected chi connectivity index (χ3v) is 13.0. The van der Waals surface area contributed by atoms with Crippen LogP contribution in [0.3, 0.4) is 0 Å². The smallest absolute Gasteiger partial charge is 0.312 e. The number of urea groups is 1. The summed E-state index contributed by atoms with van der Waals surface area (Å²) < 4.78 is 0. The number of carbonyl (C=O) groups excluding carboxylic acids is 10. The summed E-state index contributed by atoms with van der Waals surface area (Å²) in [5.74, 6) is -8.52. The third-order valence-electron chi connectivity index (χ3n) is 13.0. The molecular weight excluding hydrogens is 981 g/mol. The van der Waals surface area contributed by atoms with E-state index in [9.17, 15) is 47.9 Å². The number of ketones is 2. The number of hydrogen-bond acceptors (Lipinski definition) is 12. The predicted molar refractivity (Wildman–Crippen MR) is 284 cm³/mol. The number of benzene rings is 2. The number of carbonyl (C=O) groups is 10. The number of aromatic amines is 1. The topological polar surface area (TPSA) is 413 Å². The molecule has 0 radical (unpaired) electrons. The summed E-state index contributed by atoms with van der Waals surface area (Å²) in [4.78, 5) is 144. The van der Waals surface area contributed by atoms with Crippen LogP contribution >= 0.6 is 0 Å². The van der Waals surface area contributed by atoms with Gasteiger partial charge in [0.15, 0.2) is 11.7 Å². The number of aromatic nitrogens is 1. The van der Waals surface area contributed by atoms with Crippen molar-refractivity contribution in [3.05, 3.63) is 71.9 Å². The summed E-state index contributed by atoms with van der Waals surface area (Å²) in [6.07, 6.45) is 2.33. The van der Waals surface area contributed by atoms with Gasteiger partial charge in [0.25, 0.3) is 0 Å². The quantitative estimate of drug-likeness (QED) is 0.0381. The Labute approximate surface area is 441 Å². The van der Waals surface area contributed by atoms with E-state index in [1.807, 2.05) is 24.3 Å². The average Bonchev–Trinajstić information content (AvgIpc) is 3.78. The number of amides is 9. The molecule has 7 atom stereocenters. The third kappa shape index (κ3) is 21.2. The van der Waals surface area contributed by atoms with Gasteiger partial charge in [-0.1, -0.05) is 48.5 Å². The highest BCUT2D eigenvalue weighted by atomic mass is 16.2. The van der Waals surface area contributed by atoms with E-state index >= 15 is 0 Å². The van der Waals surface area contributed by atoms with E-state index in [4.69, 9.17) is 28.7 Å². The minimum Gasteiger partial charge on any atom is -0.370 e. The normalized spacial score (nSPS) is 21.2. The van der Waals surface area contributed by atoms with Gasteiger partial charge in [-0.25, -0.2) is 4.79 Å². The van der Waals surface area contributed by atoms with E-state index < -0.39 is 114 Å². The lowest BCUT2D eigenvalue weighted by molar-refractivity contribution is -0.136. The van der Waals surface area contributed by atoms with Crippen LogP contribution in [0.4, 0.5) is 4.79 Å². The maximum absolute atomic E-state index is 14.8. The highest BCUT2D eigenvalue weighted by Gasteiger charge is 2.35. The Morgan fingerprint density at radius 3 is 2.14 bits per heavy atom. The van der Waals surface area contributed by atoms with Gasteiger partial charge in [-0.3, -0.25) is 48.1 Å². The SMILES string of the molecule is CC(=O)N[C@@H](CCCN=C(N)N)C(=O)N[C@H]1CC(=O)NCCCC[C@@H](C(N)=O)NC(=O)[C@H](Cc2c[nH]c3ccccc23)CC(=O)[C@H](CCCNC(N)=O)CC(=O)[C@@H](Cc2ccccc2)NC(=O)[C@H](CCCCN)NC1=O. The predicted octanol–water partition coefficient (Wildman–Crippen LogP) is -0.646. The van der Waals surface area contributed by atoms with Crippen molar-refractivity contribution in [2.24, 2.45) is 45.5 Å². The summed E-state index contributed by atoms with van der Waals surface area (Å²) in [5.41, 5.74) is 30.0. The zero-order valence-corrected chi connectivity index (χ0v) is 43.2. The maximum atomic E-state index is 14.8. The van der Waals surface area contributed by atoms with Gasteiger partial charge in [0.2, 0.25) is 41.4 Å². The number of fused-ring (bicyclic) bond motifs is 1. The number of H-pyrrole nitrogens is 1. The van der Waals surface area contributed by atoms with Gasteiger partial charge in [-0.05, 0) is 101 Å². The number of nitrogens with one attached hydrogen (secondary N) is 8. The van der Waals surface area contributed by atoms with Crippen LogP contribution in [0.15, 0.2) is 65.8 Å². The summed E-state index contributed by atoms with van der Waals surface area (Å²) in [6, 6.07) is 8.83. The second kappa shape index (κ2) is 31.8. The molecule has 1 fully saturated rings. The monoisotopic (exact) mass is 1060 g/mol. The number of unbranched alkanes of at least 4 members (excludes halogenated alkanes) is 1. The van der Waals surface area contributed by atoms with Crippen LogP contribution in [-0.4, -0.2) is 126 Å². The van der Waals surface area contributed by atoms with Crippen LogP contribution in [0.25, 0.3) is 10.9 Å². The Morgan fingerprint density at radius 2 is 1.45 bits per heavy atom. The lowest BCUT2D eigenvalue weighted by Gasteiger charge is -2.27. The van der Waals surface area contributed by atoms with E-state index in [2.05, 4.69) is 47.2 Å². The molecule has 0 aliphatic carbocycles. The van der Waals surface area contributed by atoms with Crippen LogP contribution < -0.4 is 65.9 Å². The molecule has 9 amide bonds.